The monoisotopic (exact) mass is 192 g/mol. The number of aliphatic hydroxyl groups is 2. The molecule has 0 aromatic rings. The molecule has 80 valence electrons. The molecule has 4 heteroatoms. The number of ether oxygens (including phenoxy) is 2. The standard InChI is InChI=1S/C9H20O4/c1-7(10)4-12-6-9(3)13-5-8(2)11/h7-11H,4-6H2,1-3H3/t7-,8+,9+/m0/s1. The van der Waals surface area contributed by atoms with Crippen molar-refractivity contribution in [2.24, 2.45) is 0 Å². The number of hydrogen-bond donors (Lipinski definition) is 2. The number of rotatable bonds is 7. The molecule has 0 radical (unpaired) electrons. The van der Waals surface area contributed by atoms with Gasteiger partial charge in [0, 0.05) is 0 Å². The van der Waals surface area contributed by atoms with E-state index in [0.29, 0.717) is 19.8 Å². The second-order valence-corrected chi connectivity index (χ2v) is 3.38. The predicted octanol–water partition coefficient (Wildman–Crippen LogP) is 0.170. The lowest BCUT2D eigenvalue weighted by Crippen LogP contribution is -2.23. The van der Waals surface area contributed by atoms with Gasteiger partial charge in [0.25, 0.3) is 0 Å². The topological polar surface area (TPSA) is 58.9 Å². The minimum atomic E-state index is -0.445. The molecule has 2 N–H and O–H groups in total. The first-order chi connectivity index (χ1) is 6.02. The van der Waals surface area contributed by atoms with Gasteiger partial charge < -0.3 is 19.7 Å². The van der Waals surface area contributed by atoms with Gasteiger partial charge in [-0.05, 0) is 20.8 Å². The van der Waals surface area contributed by atoms with Gasteiger partial charge in [-0.2, -0.15) is 0 Å². The molecule has 0 saturated heterocycles. The fraction of sp³-hybridized carbons (Fsp3) is 1.00. The molecule has 4 nitrogen and oxygen atoms in total. The summed E-state index contributed by atoms with van der Waals surface area (Å²) in [7, 11) is 0. The second kappa shape index (κ2) is 7.26. The average Bonchev–Trinajstić information content (AvgIpc) is 2.00. The van der Waals surface area contributed by atoms with Crippen molar-refractivity contribution in [1.29, 1.82) is 0 Å². The van der Waals surface area contributed by atoms with Crippen molar-refractivity contribution in [2.45, 2.75) is 39.1 Å². The van der Waals surface area contributed by atoms with Crippen molar-refractivity contribution in [3.8, 4) is 0 Å². The number of aliphatic hydroxyl groups excluding tert-OH is 2. The van der Waals surface area contributed by atoms with Crippen molar-refractivity contribution in [1.82, 2.24) is 0 Å². The summed E-state index contributed by atoms with van der Waals surface area (Å²) in [4.78, 5) is 0. The zero-order valence-corrected chi connectivity index (χ0v) is 8.56. The molecule has 0 rings (SSSR count). The third-order valence-corrected chi connectivity index (χ3v) is 1.33. The molecular formula is C9H20O4. The third-order valence-electron chi connectivity index (χ3n) is 1.33. The summed E-state index contributed by atoms with van der Waals surface area (Å²) < 4.78 is 10.4. The molecular weight excluding hydrogens is 172 g/mol. The summed E-state index contributed by atoms with van der Waals surface area (Å²) in [5, 5.41) is 17.8. The van der Waals surface area contributed by atoms with Crippen LogP contribution in [0, 0.1) is 0 Å². The summed E-state index contributed by atoms with van der Waals surface area (Å²) in [5.74, 6) is 0. The molecule has 0 aliphatic carbocycles. The molecule has 0 aliphatic rings. The minimum Gasteiger partial charge on any atom is -0.391 e. The van der Waals surface area contributed by atoms with E-state index >= 15 is 0 Å². The average molecular weight is 192 g/mol. The van der Waals surface area contributed by atoms with Crippen LogP contribution in [0.25, 0.3) is 0 Å². The Hall–Kier alpha value is -0.160. The molecule has 0 spiro atoms. The van der Waals surface area contributed by atoms with Gasteiger partial charge in [0.1, 0.15) is 0 Å². The molecule has 0 fully saturated rings. The van der Waals surface area contributed by atoms with Crippen LogP contribution in [0.1, 0.15) is 20.8 Å². The van der Waals surface area contributed by atoms with Crippen molar-refractivity contribution < 1.29 is 19.7 Å². The Morgan fingerprint density at radius 3 is 1.92 bits per heavy atom. The van der Waals surface area contributed by atoms with Crippen LogP contribution in [0.4, 0.5) is 0 Å². The lowest BCUT2D eigenvalue weighted by atomic mass is 10.4. The van der Waals surface area contributed by atoms with Gasteiger partial charge in [-0.25, -0.2) is 0 Å². The molecule has 0 bridgehead atoms. The first kappa shape index (κ1) is 12.8. The summed E-state index contributed by atoms with van der Waals surface area (Å²) >= 11 is 0. The highest BCUT2D eigenvalue weighted by Crippen LogP contribution is 1.95. The molecule has 0 heterocycles. The molecule has 0 aliphatic heterocycles. The summed E-state index contributed by atoms with van der Waals surface area (Å²) in [5.41, 5.74) is 0. The Labute approximate surface area is 79.5 Å². The van der Waals surface area contributed by atoms with Crippen LogP contribution in [0.3, 0.4) is 0 Å². The molecule has 0 aromatic carbocycles. The summed E-state index contributed by atoms with van der Waals surface area (Å²) in [6.07, 6.45) is -0.934. The van der Waals surface area contributed by atoms with Crippen molar-refractivity contribution in [2.75, 3.05) is 19.8 Å². The van der Waals surface area contributed by atoms with Gasteiger partial charge in [-0.1, -0.05) is 0 Å². The first-order valence-corrected chi connectivity index (χ1v) is 4.57. The summed E-state index contributed by atoms with van der Waals surface area (Å²) in [6.45, 7) is 6.29. The van der Waals surface area contributed by atoms with E-state index in [2.05, 4.69) is 0 Å². The highest BCUT2D eigenvalue weighted by atomic mass is 16.5. The smallest absolute Gasteiger partial charge is 0.0781 e. The Kier molecular flexibility index (Phi) is 7.17. The Balaban J connectivity index is 3.25. The van der Waals surface area contributed by atoms with Crippen LogP contribution in [0.5, 0.6) is 0 Å². The Morgan fingerprint density at radius 2 is 1.46 bits per heavy atom. The van der Waals surface area contributed by atoms with E-state index in [-0.39, 0.29) is 6.10 Å². The molecule has 0 saturated carbocycles. The lowest BCUT2D eigenvalue weighted by Gasteiger charge is -2.15. The molecule has 3 atom stereocenters. The van der Waals surface area contributed by atoms with Gasteiger partial charge in [-0.3, -0.25) is 0 Å². The van der Waals surface area contributed by atoms with Crippen molar-refractivity contribution in [3.05, 3.63) is 0 Å². The normalized spacial score (nSPS) is 18.2. The largest absolute Gasteiger partial charge is 0.391 e. The van der Waals surface area contributed by atoms with Gasteiger partial charge in [0.2, 0.25) is 0 Å². The van der Waals surface area contributed by atoms with E-state index in [1.807, 2.05) is 6.92 Å². The molecule has 0 amide bonds. The van der Waals surface area contributed by atoms with E-state index in [1.54, 1.807) is 13.8 Å². The van der Waals surface area contributed by atoms with E-state index < -0.39 is 12.2 Å². The van der Waals surface area contributed by atoms with Gasteiger partial charge in [0.05, 0.1) is 38.1 Å². The van der Waals surface area contributed by atoms with Gasteiger partial charge >= 0.3 is 0 Å². The van der Waals surface area contributed by atoms with Crippen LogP contribution in [0.2, 0.25) is 0 Å². The van der Waals surface area contributed by atoms with Gasteiger partial charge in [-0.15, -0.1) is 0 Å². The van der Waals surface area contributed by atoms with Crippen molar-refractivity contribution in [3.63, 3.8) is 0 Å². The highest BCUT2D eigenvalue weighted by Gasteiger charge is 2.05. The van der Waals surface area contributed by atoms with E-state index in [4.69, 9.17) is 19.7 Å². The fourth-order valence-electron chi connectivity index (χ4n) is 0.756. The zero-order valence-electron chi connectivity index (χ0n) is 8.56. The van der Waals surface area contributed by atoms with Crippen LogP contribution < -0.4 is 0 Å². The van der Waals surface area contributed by atoms with E-state index in [9.17, 15) is 0 Å². The Morgan fingerprint density at radius 1 is 0.923 bits per heavy atom. The third kappa shape index (κ3) is 9.76. The van der Waals surface area contributed by atoms with E-state index in [1.165, 1.54) is 0 Å². The minimum absolute atomic E-state index is 0.0478. The lowest BCUT2D eigenvalue weighted by molar-refractivity contribution is -0.0492. The molecule has 0 aromatic heterocycles. The first-order valence-electron chi connectivity index (χ1n) is 4.57. The highest BCUT2D eigenvalue weighted by molar-refractivity contribution is 4.51. The quantitative estimate of drug-likeness (QED) is 0.603. The fourth-order valence-corrected chi connectivity index (χ4v) is 0.756. The maximum Gasteiger partial charge on any atom is 0.0781 e. The summed E-state index contributed by atoms with van der Waals surface area (Å²) in [6, 6.07) is 0. The van der Waals surface area contributed by atoms with Crippen LogP contribution in [-0.4, -0.2) is 48.3 Å². The van der Waals surface area contributed by atoms with E-state index in [0.717, 1.165) is 0 Å². The second-order valence-electron chi connectivity index (χ2n) is 3.38. The molecule has 13 heavy (non-hydrogen) atoms. The van der Waals surface area contributed by atoms with Crippen LogP contribution in [0.15, 0.2) is 0 Å². The maximum atomic E-state index is 8.91. The van der Waals surface area contributed by atoms with Gasteiger partial charge in [0.15, 0.2) is 0 Å². The van der Waals surface area contributed by atoms with Crippen LogP contribution >= 0.6 is 0 Å². The van der Waals surface area contributed by atoms with Crippen molar-refractivity contribution >= 4 is 0 Å². The maximum absolute atomic E-state index is 8.91. The molecule has 0 unspecified atom stereocenters. The zero-order chi connectivity index (χ0) is 10.3. The SMILES string of the molecule is C[C@H](O)COC[C@@H](C)OC[C@@H](C)O. The number of hydrogen-bond acceptors (Lipinski definition) is 4. The predicted molar refractivity (Wildman–Crippen MR) is 49.6 cm³/mol. The Bertz CT molecular complexity index is 114. The van der Waals surface area contributed by atoms with Crippen LogP contribution in [-0.2, 0) is 9.47 Å².